The van der Waals surface area contributed by atoms with Crippen molar-refractivity contribution in [3.63, 3.8) is 0 Å². The first-order valence-corrected chi connectivity index (χ1v) is 10.0. The van der Waals surface area contributed by atoms with Gasteiger partial charge in [0, 0.05) is 19.2 Å². The molecule has 0 saturated heterocycles. The van der Waals surface area contributed by atoms with E-state index >= 15 is 0 Å². The standard InChI is InChI=1S/C17H22FNO3S/c1-12-15-9-14(18)4-3-13(15)5-8-19(12)16(20)10-17(6-7-17)11-23(2,21)22/h3-4,9,12H,5-8,10-11H2,1-2H3. The van der Waals surface area contributed by atoms with Crippen LogP contribution in [0.1, 0.15) is 43.4 Å². The Morgan fingerprint density at radius 2 is 2.09 bits per heavy atom. The predicted octanol–water partition coefficient (Wildman–Crippen LogP) is 2.49. The summed E-state index contributed by atoms with van der Waals surface area (Å²) in [4.78, 5) is 14.5. The molecule has 1 heterocycles. The zero-order valence-electron chi connectivity index (χ0n) is 13.5. The van der Waals surface area contributed by atoms with E-state index in [9.17, 15) is 17.6 Å². The van der Waals surface area contributed by atoms with E-state index in [0.29, 0.717) is 13.0 Å². The van der Waals surface area contributed by atoms with Gasteiger partial charge in [0.05, 0.1) is 11.8 Å². The SMILES string of the molecule is CC1c2cc(F)ccc2CCN1C(=O)CC1(CS(C)(=O)=O)CC1. The van der Waals surface area contributed by atoms with Crippen LogP contribution in [0.5, 0.6) is 0 Å². The monoisotopic (exact) mass is 339 g/mol. The van der Waals surface area contributed by atoms with Gasteiger partial charge in [-0.1, -0.05) is 6.07 Å². The normalized spacial score (nSPS) is 22.6. The minimum atomic E-state index is -3.08. The van der Waals surface area contributed by atoms with Crippen molar-refractivity contribution < 1.29 is 17.6 Å². The molecule has 1 aromatic carbocycles. The minimum Gasteiger partial charge on any atom is -0.336 e. The smallest absolute Gasteiger partial charge is 0.223 e. The Morgan fingerprint density at radius 3 is 2.70 bits per heavy atom. The van der Waals surface area contributed by atoms with Gasteiger partial charge in [-0.25, -0.2) is 12.8 Å². The molecule has 0 N–H and O–H groups in total. The van der Waals surface area contributed by atoms with E-state index in [0.717, 1.165) is 24.0 Å². The maximum Gasteiger partial charge on any atom is 0.223 e. The number of carbonyl (C=O) groups excluding carboxylic acids is 1. The summed E-state index contributed by atoms with van der Waals surface area (Å²) in [5.74, 6) is -0.228. The molecule has 126 valence electrons. The van der Waals surface area contributed by atoms with E-state index in [1.165, 1.54) is 18.4 Å². The van der Waals surface area contributed by atoms with Crippen LogP contribution >= 0.6 is 0 Å². The molecular formula is C17H22FNO3S. The molecule has 0 aromatic heterocycles. The van der Waals surface area contributed by atoms with Gasteiger partial charge in [-0.15, -0.1) is 0 Å². The summed E-state index contributed by atoms with van der Waals surface area (Å²) in [6.07, 6.45) is 3.79. The van der Waals surface area contributed by atoms with Crippen molar-refractivity contribution in [2.24, 2.45) is 5.41 Å². The van der Waals surface area contributed by atoms with Crippen molar-refractivity contribution in [1.82, 2.24) is 4.90 Å². The van der Waals surface area contributed by atoms with E-state index < -0.39 is 9.84 Å². The largest absolute Gasteiger partial charge is 0.336 e. The molecule has 1 saturated carbocycles. The van der Waals surface area contributed by atoms with Crippen LogP contribution in [0.25, 0.3) is 0 Å². The summed E-state index contributed by atoms with van der Waals surface area (Å²) in [5, 5.41) is 0. The third-order valence-corrected chi connectivity index (χ3v) is 6.16. The van der Waals surface area contributed by atoms with Gasteiger partial charge < -0.3 is 4.90 Å². The fraction of sp³-hybridized carbons (Fsp3) is 0.588. The maximum atomic E-state index is 13.5. The number of hydrogen-bond donors (Lipinski definition) is 0. The van der Waals surface area contributed by atoms with E-state index in [4.69, 9.17) is 0 Å². The Labute approximate surface area is 136 Å². The lowest BCUT2D eigenvalue weighted by molar-refractivity contribution is -0.134. The first kappa shape index (κ1) is 16.4. The van der Waals surface area contributed by atoms with Crippen molar-refractivity contribution in [3.05, 3.63) is 35.1 Å². The van der Waals surface area contributed by atoms with E-state index in [-0.39, 0.29) is 35.4 Å². The Hall–Kier alpha value is -1.43. The molecule has 23 heavy (non-hydrogen) atoms. The van der Waals surface area contributed by atoms with Crippen molar-refractivity contribution in [2.75, 3.05) is 18.6 Å². The van der Waals surface area contributed by atoms with E-state index in [1.807, 2.05) is 6.92 Å². The third-order valence-electron chi connectivity index (χ3n) is 5.02. The molecule has 1 atom stereocenters. The molecule has 1 aliphatic carbocycles. The summed E-state index contributed by atoms with van der Waals surface area (Å²) >= 11 is 0. The molecule has 1 unspecified atom stereocenters. The van der Waals surface area contributed by atoms with Gasteiger partial charge in [0.1, 0.15) is 15.7 Å². The van der Waals surface area contributed by atoms with Crippen LogP contribution in [0.15, 0.2) is 18.2 Å². The van der Waals surface area contributed by atoms with Gasteiger partial charge in [0.15, 0.2) is 0 Å². The van der Waals surface area contributed by atoms with Crippen LogP contribution in [0, 0.1) is 11.2 Å². The van der Waals surface area contributed by atoms with Gasteiger partial charge in [-0.2, -0.15) is 0 Å². The topological polar surface area (TPSA) is 54.5 Å². The number of halogens is 1. The van der Waals surface area contributed by atoms with E-state index in [1.54, 1.807) is 11.0 Å². The number of rotatable bonds is 4. The van der Waals surface area contributed by atoms with Crippen LogP contribution in [0.2, 0.25) is 0 Å². The lowest BCUT2D eigenvalue weighted by Crippen LogP contribution is -2.40. The second-order valence-electron chi connectivity index (χ2n) is 7.10. The van der Waals surface area contributed by atoms with E-state index in [2.05, 4.69) is 0 Å². The van der Waals surface area contributed by atoms with Gasteiger partial charge in [-0.05, 0) is 54.9 Å². The van der Waals surface area contributed by atoms with Crippen LogP contribution in [0.4, 0.5) is 4.39 Å². The fourth-order valence-corrected chi connectivity index (χ4v) is 5.16. The second-order valence-corrected chi connectivity index (χ2v) is 9.24. The molecule has 1 aliphatic heterocycles. The number of carbonyl (C=O) groups is 1. The maximum absolute atomic E-state index is 13.5. The highest BCUT2D eigenvalue weighted by Gasteiger charge is 2.47. The molecule has 2 aliphatic rings. The first-order valence-electron chi connectivity index (χ1n) is 7.95. The van der Waals surface area contributed by atoms with Crippen LogP contribution < -0.4 is 0 Å². The van der Waals surface area contributed by atoms with Crippen LogP contribution in [-0.2, 0) is 21.1 Å². The average Bonchev–Trinajstić information content (AvgIpc) is 3.16. The number of benzene rings is 1. The Morgan fingerprint density at radius 1 is 1.39 bits per heavy atom. The zero-order chi connectivity index (χ0) is 16.8. The number of fused-ring (bicyclic) bond motifs is 1. The summed E-state index contributed by atoms with van der Waals surface area (Å²) in [6.45, 7) is 2.51. The predicted molar refractivity (Wildman–Crippen MR) is 86.2 cm³/mol. The molecule has 1 amide bonds. The van der Waals surface area contributed by atoms with Gasteiger partial charge in [0.2, 0.25) is 5.91 Å². The Balaban J connectivity index is 1.74. The molecular weight excluding hydrogens is 317 g/mol. The summed E-state index contributed by atoms with van der Waals surface area (Å²) in [7, 11) is -3.08. The fourth-order valence-electron chi connectivity index (χ4n) is 3.65. The molecule has 1 aromatic rings. The van der Waals surface area contributed by atoms with Crippen LogP contribution in [-0.4, -0.2) is 37.8 Å². The number of sulfone groups is 1. The number of amides is 1. The highest BCUT2D eigenvalue weighted by molar-refractivity contribution is 7.90. The molecule has 0 radical (unpaired) electrons. The molecule has 4 nitrogen and oxygen atoms in total. The molecule has 0 bridgehead atoms. The highest BCUT2D eigenvalue weighted by atomic mass is 32.2. The second kappa shape index (κ2) is 5.58. The number of nitrogens with zero attached hydrogens (tertiary/aromatic N) is 1. The lowest BCUT2D eigenvalue weighted by Gasteiger charge is -2.36. The minimum absolute atomic E-state index is 0.0199. The zero-order valence-corrected chi connectivity index (χ0v) is 14.3. The summed E-state index contributed by atoms with van der Waals surface area (Å²) < 4.78 is 36.6. The van der Waals surface area contributed by atoms with Gasteiger partial charge in [-0.3, -0.25) is 4.79 Å². The molecule has 6 heteroatoms. The van der Waals surface area contributed by atoms with Gasteiger partial charge >= 0.3 is 0 Å². The third kappa shape index (κ3) is 3.57. The summed E-state index contributed by atoms with van der Waals surface area (Å²) in [5.41, 5.74) is 1.57. The lowest BCUT2D eigenvalue weighted by atomic mass is 9.92. The first-order chi connectivity index (χ1) is 10.7. The van der Waals surface area contributed by atoms with Crippen molar-refractivity contribution in [1.29, 1.82) is 0 Å². The Bertz CT molecular complexity index is 740. The highest BCUT2D eigenvalue weighted by Crippen LogP contribution is 2.50. The number of hydrogen-bond acceptors (Lipinski definition) is 3. The quantitative estimate of drug-likeness (QED) is 0.847. The van der Waals surface area contributed by atoms with Crippen molar-refractivity contribution >= 4 is 15.7 Å². The van der Waals surface area contributed by atoms with Crippen LogP contribution in [0.3, 0.4) is 0 Å². The summed E-state index contributed by atoms with van der Waals surface area (Å²) in [6, 6.07) is 4.57. The molecule has 3 rings (SSSR count). The average molecular weight is 339 g/mol. The Kier molecular flexibility index (Phi) is 3.99. The van der Waals surface area contributed by atoms with Crippen molar-refractivity contribution in [3.8, 4) is 0 Å². The van der Waals surface area contributed by atoms with Gasteiger partial charge in [0.25, 0.3) is 0 Å². The molecule has 1 fully saturated rings. The van der Waals surface area contributed by atoms with Crippen molar-refractivity contribution in [2.45, 2.75) is 38.6 Å². The molecule has 0 spiro atoms.